The fourth-order valence-electron chi connectivity index (χ4n) is 3.99. The molecule has 0 heterocycles. The largest absolute Gasteiger partial charge is 0.423 e. The van der Waals surface area contributed by atoms with Crippen molar-refractivity contribution in [3.05, 3.63) is 71.3 Å². The van der Waals surface area contributed by atoms with Gasteiger partial charge in [0.2, 0.25) is 0 Å². The fraction of sp³-hybridized carbons (Fsp3) is 0.423. The lowest BCUT2D eigenvalue weighted by Gasteiger charge is -2.28. The van der Waals surface area contributed by atoms with Crippen molar-refractivity contribution in [2.75, 3.05) is 0 Å². The van der Waals surface area contributed by atoms with Gasteiger partial charge in [-0.05, 0) is 79.3 Å². The zero-order valence-electron chi connectivity index (χ0n) is 17.2. The van der Waals surface area contributed by atoms with E-state index < -0.39 is 0 Å². The van der Waals surface area contributed by atoms with Gasteiger partial charge in [-0.15, -0.1) is 0 Å². The number of benzene rings is 2. The van der Waals surface area contributed by atoms with Crippen LogP contribution in [-0.4, -0.2) is 5.97 Å². The fourth-order valence-corrected chi connectivity index (χ4v) is 3.99. The maximum atomic E-state index is 12.4. The van der Waals surface area contributed by atoms with E-state index in [2.05, 4.69) is 38.1 Å². The second-order valence-corrected chi connectivity index (χ2v) is 7.90. The predicted molar refractivity (Wildman–Crippen MR) is 117 cm³/mol. The van der Waals surface area contributed by atoms with Gasteiger partial charge in [0.1, 0.15) is 5.75 Å². The van der Waals surface area contributed by atoms with Gasteiger partial charge in [0.05, 0.1) is 5.56 Å². The molecule has 0 N–H and O–H groups in total. The highest BCUT2D eigenvalue weighted by Gasteiger charge is 2.21. The van der Waals surface area contributed by atoms with Crippen LogP contribution in [0.4, 0.5) is 0 Å². The first-order valence-corrected chi connectivity index (χ1v) is 10.8. The van der Waals surface area contributed by atoms with Crippen molar-refractivity contribution in [3.8, 4) is 5.75 Å². The summed E-state index contributed by atoms with van der Waals surface area (Å²) in [6, 6.07) is 15.7. The third-order valence-corrected chi connectivity index (χ3v) is 5.90. The molecule has 0 aromatic heterocycles. The Hall–Kier alpha value is -2.35. The van der Waals surface area contributed by atoms with Crippen LogP contribution in [0, 0.1) is 5.92 Å². The molecule has 2 aromatic carbocycles. The minimum absolute atomic E-state index is 0.296. The predicted octanol–water partition coefficient (Wildman–Crippen LogP) is 7.40. The minimum Gasteiger partial charge on any atom is -0.423 e. The van der Waals surface area contributed by atoms with Crippen LogP contribution < -0.4 is 4.74 Å². The van der Waals surface area contributed by atoms with E-state index in [0.717, 1.165) is 24.3 Å². The highest BCUT2D eigenvalue weighted by atomic mass is 16.5. The molecule has 1 aliphatic carbocycles. The van der Waals surface area contributed by atoms with Gasteiger partial charge in [0.25, 0.3) is 0 Å². The van der Waals surface area contributed by atoms with E-state index in [9.17, 15) is 4.79 Å². The molecule has 1 saturated carbocycles. The Morgan fingerprint density at radius 3 is 2.25 bits per heavy atom. The Morgan fingerprint density at radius 2 is 1.64 bits per heavy atom. The van der Waals surface area contributed by atoms with Crippen molar-refractivity contribution in [3.63, 3.8) is 0 Å². The zero-order chi connectivity index (χ0) is 19.8. The molecule has 0 radical (unpaired) electrons. The summed E-state index contributed by atoms with van der Waals surface area (Å²) in [7, 11) is 0. The van der Waals surface area contributed by atoms with Crippen LogP contribution in [0.3, 0.4) is 0 Å². The molecule has 0 aliphatic heterocycles. The van der Waals surface area contributed by atoms with Crippen LogP contribution >= 0.6 is 0 Å². The maximum absolute atomic E-state index is 12.4. The molecule has 0 unspecified atom stereocenters. The molecule has 2 aromatic rings. The topological polar surface area (TPSA) is 26.3 Å². The van der Waals surface area contributed by atoms with Gasteiger partial charge in [0, 0.05) is 0 Å². The van der Waals surface area contributed by atoms with Gasteiger partial charge < -0.3 is 4.74 Å². The first kappa shape index (κ1) is 20.4. The first-order chi connectivity index (χ1) is 13.7. The standard InChI is InChI=1S/C26H32O2/c1-3-5-6-7-21-10-18-25(19-11-21)28-26(27)24-16-14-23(15-17-24)22-12-8-20(4-2)9-13-22/h6-7,10-11,14-20,22H,3-5,8-9,12-13H2,1-2H3/b7-6+. The average molecular weight is 377 g/mol. The molecule has 1 fully saturated rings. The molecule has 0 bridgehead atoms. The van der Waals surface area contributed by atoms with E-state index in [4.69, 9.17) is 4.74 Å². The Morgan fingerprint density at radius 1 is 0.964 bits per heavy atom. The van der Waals surface area contributed by atoms with Crippen LogP contribution in [0.2, 0.25) is 0 Å². The molecule has 0 spiro atoms. The number of esters is 1. The third-order valence-electron chi connectivity index (χ3n) is 5.90. The smallest absolute Gasteiger partial charge is 0.343 e. The van der Waals surface area contributed by atoms with Crippen molar-refractivity contribution >= 4 is 12.0 Å². The molecule has 28 heavy (non-hydrogen) atoms. The molecule has 2 heteroatoms. The van der Waals surface area contributed by atoms with Crippen LogP contribution in [0.25, 0.3) is 6.08 Å². The molecule has 1 aliphatic rings. The summed E-state index contributed by atoms with van der Waals surface area (Å²) in [6.07, 6.45) is 13.0. The first-order valence-electron chi connectivity index (χ1n) is 10.8. The number of hydrogen-bond donors (Lipinski definition) is 0. The maximum Gasteiger partial charge on any atom is 0.343 e. The van der Waals surface area contributed by atoms with Gasteiger partial charge in [-0.3, -0.25) is 0 Å². The summed E-state index contributed by atoms with van der Waals surface area (Å²) >= 11 is 0. The Bertz CT molecular complexity index is 763. The summed E-state index contributed by atoms with van der Waals surface area (Å²) in [5, 5.41) is 0. The SMILES string of the molecule is CCC/C=C/c1ccc(OC(=O)c2ccc(C3CCC(CC)CC3)cc2)cc1. The molecule has 0 amide bonds. The summed E-state index contributed by atoms with van der Waals surface area (Å²) in [5.41, 5.74) is 3.09. The van der Waals surface area contributed by atoms with E-state index in [1.54, 1.807) is 0 Å². The molecule has 148 valence electrons. The number of ether oxygens (including phenoxy) is 1. The molecule has 2 nitrogen and oxygen atoms in total. The van der Waals surface area contributed by atoms with Gasteiger partial charge in [-0.25, -0.2) is 4.79 Å². The molecule has 0 atom stereocenters. The summed E-state index contributed by atoms with van der Waals surface area (Å²) in [6.45, 7) is 4.46. The highest BCUT2D eigenvalue weighted by Crippen LogP contribution is 2.36. The molecule has 3 rings (SSSR count). The van der Waals surface area contributed by atoms with Crippen LogP contribution in [-0.2, 0) is 0 Å². The summed E-state index contributed by atoms with van der Waals surface area (Å²) in [5.74, 6) is 1.83. The van der Waals surface area contributed by atoms with E-state index in [-0.39, 0.29) is 5.97 Å². The number of carbonyl (C=O) groups excluding carboxylic acids is 1. The number of rotatable bonds is 7. The van der Waals surface area contributed by atoms with Crippen LogP contribution in [0.1, 0.15) is 86.2 Å². The number of unbranched alkanes of at least 4 members (excludes halogenated alkanes) is 1. The third kappa shape index (κ3) is 5.58. The van der Waals surface area contributed by atoms with Crippen molar-refractivity contribution in [1.29, 1.82) is 0 Å². The number of hydrogen-bond acceptors (Lipinski definition) is 2. The van der Waals surface area contributed by atoms with Gasteiger partial charge >= 0.3 is 5.97 Å². The summed E-state index contributed by atoms with van der Waals surface area (Å²) < 4.78 is 5.53. The van der Waals surface area contributed by atoms with E-state index in [0.29, 0.717) is 17.2 Å². The van der Waals surface area contributed by atoms with Crippen molar-refractivity contribution in [2.45, 2.75) is 64.7 Å². The molecule has 0 saturated heterocycles. The van der Waals surface area contributed by atoms with Crippen LogP contribution in [0.5, 0.6) is 5.75 Å². The second kappa shape index (κ2) is 10.3. The van der Waals surface area contributed by atoms with E-state index >= 15 is 0 Å². The van der Waals surface area contributed by atoms with Gasteiger partial charge in [0.15, 0.2) is 0 Å². The average Bonchev–Trinajstić information content (AvgIpc) is 2.75. The van der Waals surface area contributed by atoms with Crippen molar-refractivity contribution in [2.24, 2.45) is 5.92 Å². The van der Waals surface area contributed by atoms with E-state index in [1.807, 2.05) is 36.4 Å². The lowest BCUT2D eigenvalue weighted by Crippen LogP contribution is -2.13. The zero-order valence-corrected chi connectivity index (χ0v) is 17.2. The van der Waals surface area contributed by atoms with E-state index in [1.165, 1.54) is 37.7 Å². The minimum atomic E-state index is -0.296. The van der Waals surface area contributed by atoms with Gasteiger partial charge in [-0.2, -0.15) is 0 Å². The van der Waals surface area contributed by atoms with Crippen molar-refractivity contribution < 1.29 is 9.53 Å². The second-order valence-electron chi connectivity index (χ2n) is 7.90. The van der Waals surface area contributed by atoms with Gasteiger partial charge in [-0.1, -0.05) is 63.1 Å². The Balaban J connectivity index is 1.56. The Labute approximate surface area is 169 Å². The molecular formula is C26H32O2. The Kier molecular flexibility index (Phi) is 7.47. The highest BCUT2D eigenvalue weighted by molar-refractivity contribution is 5.91. The van der Waals surface area contributed by atoms with Crippen LogP contribution in [0.15, 0.2) is 54.6 Å². The monoisotopic (exact) mass is 376 g/mol. The number of carbonyl (C=O) groups is 1. The summed E-state index contributed by atoms with van der Waals surface area (Å²) in [4.78, 5) is 12.4. The van der Waals surface area contributed by atoms with Crippen molar-refractivity contribution in [1.82, 2.24) is 0 Å². The number of allylic oxidation sites excluding steroid dienone is 1. The lowest BCUT2D eigenvalue weighted by atomic mass is 9.78. The lowest BCUT2D eigenvalue weighted by molar-refractivity contribution is 0.0734. The normalized spacial score (nSPS) is 19.6. The quantitative estimate of drug-likeness (QED) is 0.371. The molecular weight excluding hydrogens is 344 g/mol.